The van der Waals surface area contributed by atoms with Crippen LogP contribution in [0.4, 0.5) is 5.95 Å². The third-order valence-corrected chi connectivity index (χ3v) is 4.49. The van der Waals surface area contributed by atoms with Gasteiger partial charge in [-0.3, -0.25) is 4.21 Å². The second kappa shape index (κ2) is 5.80. The lowest BCUT2D eigenvalue weighted by Crippen LogP contribution is -2.30. The number of anilines is 1. The van der Waals surface area contributed by atoms with Gasteiger partial charge in [-0.25, -0.2) is 4.98 Å². The maximum absolute atomic E-state index is 11.3. The van der Waals surface area contributed by atoms with Crippen LogP contribution in [-0.4, -0.2) is 51.5 Å². The fourth-order valence-electron chi connectivity index (χ4n) is 1.94. The van der Waals surface area contributed by atoms with E-state index < -0.39 is 10.8 Å². The summed E-state index contributed by atoms with van der Waals surface area (Å²) in [6.45, 7) is 0. The van der Waals surface area contributed by atoms with Gasteiger partial charge in [-0.2, -0.15) is 24.7 Å². The monoisotopic (exact) mass is 313 g/mol. The fraction of sp³-hybridized carbons (Fsp3) is 0.500. The summed E-state index contributed by atoms with van der Waals surface area (Å²) in [6, 6.07) is 0.203. The van der Waals surface area contributed by atoms with Crippen molar-refractivity contribution in [1.29, 1.82) is 0 Å². The second-order valence-corrected chi connectivity index (χ2v) is 6.37. The molecule has 1 aliphatic rings. The molecule has 0 spiro atoms. The van der Waals surface area contributed by atoms with E-state index in [1.165, 1.54) is 17.3 Å². The van der Waals surface area contributed by atoms with Crippen LogP contribution in [0.3, 0.4) is 0 Å². The first-order valence-electron chi connectivity index (χ1n) is 6.09. The zero-order chi connectivity index (χ0) is 13.9. The molecule has 3 heterocycles. The van der Waals surface area contributed by atoms with Crippen LogP contribution in [0.1, 0.15) is 12.8 Å². The van der Waals surface area contributed by atoms with Gasteiger partial charge in [-0.05, 0) is 24.4 Å². The smallest absolute Gasteiger partial charge is 0.258 e. The molecule has 1 N–H and O–H groups in total. The van der Waals surface area contributed by atoms with E-state index in [1.807, 2.05) is 0 Å². The van der Waals surface area contributed by atoms with Crippen molar-refractivity contribution in [3.05, 3.63) is 17.9 Å². The van der Waals surface area contributed by atoms with Gasteiger partial charge >= 0.3 is 0 Å². The molecule has 2 aromatic rings. The summed E-state index contributed by atoms with van der Waals surface area (Å²) in [5, 5.41) is 7.24. The summed E-state index contributed by atoms with van der Waals surface area (Å²) in [4.78, 5) is 16.1. The maximum atomic E-state index is 11.3. The zero-order valence-corrected chi connectivity index (χ0v) is 12.0. The minimum Gasteiger partial charge on any atom is -0.351 e. The molecule has 0 atom stereocenters. The molecule has 0 amide bonds. The van der Waals surface area contributed by atoms with Crippen molar-refractivity contribution in [2.45, 2.75) is 18.9 Å². The third kappa shape index (κ3) is 3.10. The molecule has 1 saturated heterocycles. The standard InChI is InChI=1S/C10H12ClN7OS/c11-8-15-9(14-7-1-3-20(19)4-2-7)17-10(16-8)18-6-12-5-13-18/h5-7H,1-4H2,(H,14,15,16,17). The highest BCUT2D eigenvalue weighted by atomic mass is 35.5. The molecular weight excluding hydrogens is 302 g/mol. The average Bonchev–Trinajstić information content (AvgIpc) is 2.95. The van der Waals surface area contributed by atoms with Crippen LogP contribution in [-0.2, 0) is 10.8 Å². The van der Waals surface area contributed by atoms with Crippen molar-refractivity contribution in [2.24, 2.45) is 0 Å². The Kier molecular flexibility index (Phi) is 3.88. The Morgan fingerprint density at radius 1 is 1.30 bits per heavy atom. The van der Waals surface area contributed by atoms with E-state index in [4.69, 9.17) is 11.6 Å². The SMILES string of the molecule is O=S1CCC(Nc2nc(Cl)nc(-n3cncn3)n2)CC1. The van der Waals surface area contributed by atoms with E-state index in [2.05, 4.69) is 30.4 Å². The molecule has 0 unspecified atom stereocenters. The normalized spacial score (nSPS) is 22.6. The van der Waals surface area contributed by atoms with Gasteiger partial charge in [0.25, 0.3) is 5.95 Å². The average molecular weight is 314 g/mol. The highest BCUT2D eigenvalue weighted by molar-refractivity contribution is 7.85. The molecule has 10 heteroatoms. The minimum atomic E-state index is -0.694. The lowest BCUT2D eigenvalue weighted by molar-refractivity contribution is 0.619. The number of hydrogen-bond donors (Lipinski definition) is 1. The van der Waals surface area contributed by atoms with Crippen LogP contribution in [0.15, 0.2) is 12.7 Å². The molecule has 0 saturated carbocycles. The number of rotatable bonds is 3. The van der Waals surface area contributed by atoms with E-state index in [-0.39, 0.29) is 11.3 Å². The van der Waals surface area contributed by atoms with Crippen molar-refractivity contribution in [3.63, 3.8) is 0 Å². The van der Waals surface area contributed by atoms with Gasteiger partial charge in [0.2, 0.25) is 11.2 Å². The summed E-state index contributed by atoms with van der Waals surface area (Å²) >= 11 is 5.90. The summed E-state index contributed by atoms with van der Waals surface area (Å²) in [6.07, 6.45) is 4.53. The first kappa shape index (κ1) is 13.4. The number of hydrogen-bond acceptors (Lipinski definition) is 7. The first-order chi connectivity index (χ1) is 9.70. The van der Waals surface area contributed by atoms with Gasteiger partial charge in [-0.15, -0.1) is 0 Å². The fourth-order valence-corrected chi connectivity index (χ4v) is 3.39. The number of halogens is 1. The lowest BCUT2D eigenvalue weighted by Gasteiger charge is -2.22. The third-order valence-electron chi connectivity index (χ3n) is 2.94. The number of aromatic nitrogens is 6. The van der Waals surface area contributed by atoms with Crippen LogP contribution in [0.25, 0.3) is 5.95 Å². The molecule has 3 rings (SSSR count). The topological polar surface area (TPSA) is 98.5 Å². The van der Waals surface area contributed by atoms with Crippen LogP contribution in [0.2, 0.25) is 5.28 Å². The Bertz CT molecular complexity index is 610. The molecule has 1 aliphatic heterocycles. The molecule has 2 aromatic heterocycles. The van der Waals surface area contributed by atoms with Crippen molar-refractivity contribution < 1.29 is 4.21 Å². The van der Waals surface area contributed by atoms with E-state index in [0.717, 1.165) is 12.8 Å². The van der Waals surface area contributed by atoms with E-state index in [1.54, 1.807) is 0 Å². The quantitative estimate of drug-likeness (QED) is 0.877. The largest absolute Gasteiger partial charge is 0.351 e. The van der Waals surface area contributed by atoms with Gasteiger partial charge in [0, 0.05) is 28.3 Å². The molecule has 0 radical (unpaired) electrons. The van der Waals surface area contributed by atoms with E-state index >= 15 is 0 Å². The van der Waals surface area contributed by atoms with Crippen molar-refractivity contribution in [3.8, 4) is 5.95 Å². The van der Waals surface area contributed by atoms with Crippen molar-refractivity contribution in [1.82, 2.24) is 29.7 Å². The second-order valence-electron chi connectivity index (χ2n) is 4.33. The van der Waals surface area contributed by atoms with Crippen LogP contribution >= 0.6 is 11.6 Å². The molecule has 1 fully saturated rings. The molecule has 0 aliphatic carbocycles. The van der Waals surface area contributed by atoms with Crippen LogP contribution < -0.4 is 5.32 Å². The minimum absolute atomic E-state index is 0.0902. The van der Waals surface area contributed by atoms with Gasteiger partial charge in [0.15, 0.2) is 0 Å². The van der Waals surface area contributed by atoms with Gasteiger partial charge in [0.05, 0.1) is 0 Å². The van der Waals surface area contributed by atoms with Crippen molar-refractivity contribution in [2.75, 3.05) is 16.8 Å². The lowest BCUT2D eigenvalue weighted by atomic mass is 10.2. The summed E-state index contributed by atoms with van der Waals surface area (Å²) < 4.78 is 12.7. The van der Waals surface area contributed by atoms with Crippen LogP contribution in [0.5, 0.6) is 0 Å². The predicted octanol–water partition coefficient (Wildman–Crippen LogP) is 0.429. The molecule has 0 aromatic carbocycles. The Morgan fingerprint density at radius 3 is 2.80 bits per heavy atom. The Balaban J connectivity index is 1.78. The van der Waals surface area contributed by atoms with Crippen molar-refractivity contribution >= 4 is 28.3 Å². The Labute approximate surface area is 122 Å². The molecular formula is C10H12ClN7OS. The van der Waals surface area contributed by atoms with Gasteiger partial charge in [0.1, 0.15) is 12.7 Å². The molecule has 0 bridgehead atoms. The summed E-state index contributed by atoms with van der Waals surface area (Å²) in [5.41, 5.74) is 0. The van der Waals surface area contributed by atoms with E-state index in [0.29, 0.717) is 23.4 Å². The van der Waals surface area contributed by atoms with Crippen LogP contribution in [0, 0.1) is 0 Å². The van der Waals surface area contributed by atoms with E-state index in [9.17, 15) is 4.21 Å². The van der Waals surface area contributed by atoms with Gasteiger partial charge in [-0.1, -0.05) is 0 Å². The number of nitrogens with zero attached hydrogens (tertiary/aromatic N) is 6. The molecule has 106 valence electrons. The van der Waals surface area contributed by atoms with Gasteiger partial charge < -0.3 is 5.32 Å². The molecule has 8 nitrogen and oxygen atoms in total. The Hall–Kier alpha value is -1.61. The zero-order valence-electron chi connectivity index (χ0n) is 10.4. The highest BCUT2D eigenvalue weighted by Gasteiger charge is 2.19. The molecule has 20 heavy (non-hydrogen) atoms. The maximum Gasteiger partial charge on any atom is 0.258 e. The first-order valence-corrected chi connectivity index (χ1v) is 7.95. The summed E-state index contributed by atoms with van der Waals surface area (Å²) in [5.74, 6) is 2.11. The summed E-state index contributed by atoms with van der Waals surface area (Å²) in [7, 11) is -0.694. The predicted molar refractivity (Wildman–Crippen MR) is 74.3 cm³/mol. The highest BCUT2D eigenvalue weighted by Crippen LogP contribution is 2.15. The Morgan fingerprint density at radius 2 is 2.10 bits per heavy atom. The number of nitrogens with one attached hydrogen (secondary N) is 1.